The number of aromatic nitrogens is 2. The fourth-order valence-electron chi connectivity index (χ4n) is 3.71. The number of ether oxygens (including phenoxy) is 1. The van der Waals surface area contributed by atoms with Gasteiger partial charge in [-0.2, -0.15) is 5.01 Å². The molecule has 0 unspecified atom stereocenters. The van der Waals surface area contributed by atoms with Gasteiger partial charge in [-0.15, -0.1) is 0 Å². The van der Waals surface area contributed by atoms with E-state index in [0.717, 1.165) is 12.8 Å². The zero-order valence-electron chi connectivity index (χ0n) is 18.7. The van der Waals surface area contributed by atoms with E-state index in [9.17, 15) is 27.6 Å². The van der Waals surface area contributed by atoms with Crippen molar-refractivity contribution < 1.29 is 32.3 Å². The number of imidazole rings is 1. The Balaban J connectivity index is 1.42. The van der Waals surface area contributed by atoms with Crippen LogP contribution >= 0.6 is 0 Å². The third-order valence-corrected chi connectivity index (χ3v) is 7.20. The molecule has 1 spiro atoms. The van der Waals surface area contributed by atoms with Crippen molar-refractivity contribution in [2.45, 2.75) is 56.5 Å². The topological polar surface area (TPSA) is 169 Å². The number of amides is 4. The molecule has 2 heterocycles. The Morgan fingerprint density at radius 2 is 1.97 bits per heavy atom. The Morgan fingerprint density at radius 1 is 1.30 bits per heavy atom. The molecule has 1 aliphatic carbocycles. The number of nitrogens with one attached hydrogen (secondary N) is 3. The lowest BCUT2D eigenvalue weighted by Gasteiger charge is -2.33. The van der Waals surface area contributed by atoms with Crippen LogP contribution in [0.1, 0.15) is 44.9 Å². The minimum atomic E-state index is -3.89. The highest BCUT2D eigenvalue weighted by Crippen LogP contribution is 2.35. The van der Waals surface area contributed by atoms with Gasteiger partial charge in [0.25, 0.3) is 21.8 Å². The number of hydrazine groups is 1. The number of carbonyl (C=O) groups excluding carboxylic acids is 4. The molecule has 0 bridgehead atoms. The van der Waals surface area contributed by atoms with E-state index >= 15 is 0 Å². The van der Waals surface area contributed by atoms with Gasteiger partial charge in [-0.05, 0) is 38.5 Å². The second kappa shape index (κ2) is 9.47. The molecule has 0 aromatic carbocycles. The number of esters is 1. The number of urea groups is 1. The monoisotopic (exact) mass is 484 g/mol. The average Bonchev–Trinajstić information content (AvgIpc) is 3.21. The van der Waals surface area contributed by atoms with Gasteiger partial charge in [-0.25, -0.2) is 22.9 Å². The van der Waals surface area contributed by atoms with Gasteiger partial charge in [0, 0.05) is 19.8 Å². The second-order valence-corrected chi connectivity index (χ2v) is 10.1. The van der Waals surface area contributed by atoms with Crippen molar-refractivity contribution in [1.29, 1.82) is 0 Å². The predicted octanol–water partition coefficient (Wildman–Crippen LogP) is -0.528. The van der Waals surface area contributed by atoms with Gasteiger partial charge < -0.3 is 14.6 Å². The molecule has 4 amide bonds. The first-order chi connectivity index (χ1) is 15.4. The molecule has 3 N–H and O–H groups in total. The maximum atomic E-state index is 12.7. The molecule has 0 radical (unpaired) electrons. The van der Waals surface area contributed by atoms with Gasteiger partial charge in [0.05, 0.1) is 6.42 Å². The number of hydrogen-bond acceptors (Lipinski definition) is 8. The molecular formula is C19H28N6O7S. The van der Waals surface area contributed by atoms with E-state index in [4.69, 9.17) is 4.74 Å². The lowest BCUT2D eigenvalue weighted by Crippen LogP contribution is -2.52. The third-order valence-electron chi connectivity index (χ3n) is 5.87. The second-order valence-electron chi connectivity index (χ2n) is 8.42. The molecular weight excluding hydrogens is 456 g/mol. The SMILES string of the molecule is Cc1nc(S(=O)(=O)NCCC(=O)OCC(=O)NN2C(=O)NC3(CCC(C)CC3)C2=O)cn1C. The van der Waals surface area contributed by atoms with Gasteiger partial charge in [0.2, 0.25) is 0 Å². The first kappa shape index (κ1) is 24.6. The molecule has 1 aromatic rings. The van der Waals surface area contributed by atoms with Crippen molar-refractivity contribution in [2.75, 3.05) is 13.2 Å². The highest BCUT2D eigenvalue weighted by molar-refractivity contribution is 7.89. The zero-order chi connectivity index (χ0) is 24.4. The largest absolute Gasteiger partial charge is 0.455 e. The summed E-state index contributed by atoms with van der Waals surface area (Å²) >= 11 is 0. The van der Waals surface area contributed by atoms with Crippen molar-refractivity contribution in [1.82, 2.24) is 30.0 Å². The lowest BCUT2D eigenvalue weighted by atomic mass is 9.77. The van der Waals surface area contributed by atoms with E-state index in [-0.39, 0.29) is 18.0 Å². The van der Waals surface area contributed by atoms with Gasteiger partial charge in [-0.3, -0.25) is 19.8 Å². The van der Waals surface area contributed by atoms with Crippen molar-refractivity contribution in [3.05, 3.63) is 12.0 Å². The van der Waals surface area contributed by atoms with Crippen LogP contribution in [0, 0.1) is 12.8 Å². The smallest absolute Gasteiger partial charge is 0.344 e. The Bertz CT molecular complexity index is 1040. The van der Waals surface area contributed by atoms with Crippen molar-refractivity contribution in [2.24, 2.45) is 13.0 Å². The van der Waals surface area contributed by atoms with Crippen LogP contribution in [-0.2, 0) is 36.2 Å². The van der Waals surface area contributed by atoms with Crippen LogP contribution in [0.3, 0.4) is 0 Å². The standard InChI is InChI=1S/C19H28N6O7S/c1-12-4-7-19(8-5-12)17(28)25(18(29)22-19)23-14(26)11-32-16(27)6-9-20-33(30,31)15-10-24(3)13(2)21-15/h10,12,20H,4-9,11H2,1-3H3,(H,22,29)(H,23,26). The Labute approximate surface area is 191 Å². The molecule has 1 saturated heterocycles. The molecule has 1 aromatic heterocycles. The van der Waals surface area contributed by atoms with Crippen LogP contribution < -0.4 is 15.5 Å². The predicted molar refractivity (Wildman–Crippen MR) is 113 cm³/mol. The molecule has 0 atom stereocenters. The van der Waals surface area contributed by atoms with E-state index in [2.05, 4.69) is 27.4 Å². The zero-order valence-corrected chi connectivity index (χ0v) is 19.5. The molecule has 2 fully saturated rings. The fourth-order valence-corrected chi connectivity index (χ4v) is 4.78. The van der Waals surface area contributed by atoms with Gasteiger partial charge in [0.1, 0.15) is 11.4 Å². The van der Waals surface area contributed by atoms with Crippen LogP contribution in [0.2, 0.25) is 0 Å². The molecule has 13 nitrogen and oxygen atoms in total. The summed E-state index contributed by atoms with van der Waals surface area (Å²) in [7, 11) is -2.24. The Morgan fingerprint density at radius 3 is 2.58 bits per heavy atom. The molecule has 14 heteroatoms. The highest BCUT2D eigenvalue weighted by atomic mass is 32.2. The summed E-state index contributed by atoms with van der Waals surface area (Å²) < 4.78 is 32.9. The normalized spacial score (nSPS) is 23.0. The maximum Gasteiger partial charge on any atom is 0.344 e. The van der Waals surface area contributed by atoms with Gasteiger partial charge in [0.15, 0.2) is 11.6 Å². The van der Waals surface area contributed by atoms with E-state index < -0.39 is 46.0 Å². The summed E-state index contributed by atoms with van der Waals surface area (Å²) in [5.41, 5.74) is 1.16. The lowest BCUT2D eigenvalue weighted by molar-refractivity contribution is -0.150. The van der Waals surface area contributed by atoms with E-state index in [0.29, 0.717) is 29.6 Å². The minimum Gasteiger partial charge on any atom is -0.455 e. The average molecular weight is 485 g/mol. The molecule has 33 heavy (non-hydrogen) atoms. The summed E-state index contributed by atoms with van der Waals surface area (Å²) in [5.74, 6) is -1.26. The summed E-state index contributed by atoms with van der Waals surface area (Å²) in [6, 6.07) is -0.728. The first-order valence-corrected chi connectivity index (χ1v) is 12.0. The van der Waals surface area contributed by atoms with Crippen molar-refractivity contribution >= 4 is 33.8 Å². The Kier molecular flexibility index (Phi) is 7.07. The summed E-state index contributed by atoms with van der Waals surface area (Å²) in [5, 5.41) is 3.11. The number of carbonyl (C=O) groups is 4. The van der Waals surface area contributed by atoms with E-state index in [1.54, 1.807) is 18.5 Å². The molecule has 2 aliphatic rings. The highest BCUT2D eigenvalue weighted by Gasteiger charge is 2.52. The molecule has 1 aliphatic heterocycles. The number of imide groups is 1. The van der Waals surface area contributed by atoms with Crippen LogP contribution in [0.4, 0.5) is 4.79 Å². The summed E-state index contributed by atoms with van der Waals surface area (Å²) in [6.07, 6.45) is 3.57. The van der Waals surface area contributed by atoms with Crippen LogP contribution in [0.5, 0.6) is 0 Å². The summed E-state index contributed by atoms with van der Waals surface area (Å²) in [6.45, 7) is 2.74. The van der Waals surface area contributed by atoms with Crippen molar-refractivity contribution in [3.63, 3.8) is 0 Å². The third kappa shape index (κ3) is 5.50. The summed E-state index contributed by atoms with van der Waals surface area (Å²) in [4.78, 5) is 52.7. The fraction of sp³-hybridized carbons (Fsp3) is 0.632. The van der Waals surface area contributed by atoms with Crippen LogP contribution in [0.15, 0.2) is 11.2 Å². The van der Waals surface area contributed by atoms with E-state index in [1.807, 2.05) is 0 Å². The van der Waals surface area contributed by atoms with Crippen LogP contribution in [-0.4, -0.2) is 65.5 Å². The van der Waals surface area contributed by atoms with Gasteiger partial charge in [-0.1, -0.05) is 6.92 Å². The quantitative estimate of drug-likeness (QED) is 0.327. The molecule has 182 valence electrons. The van der Waals surface area contributed by atoms with Gasteiger partial charge >= 0.3 is 12.0 Å². The number of aryl methyl sites for hydroxylation is 2. The number of nitrogens with zero attached hydrogens (tertiary/aromatic N) is 3. The van der Waals surface area contributed by atoms with Crippen molar-refractivity contribution in [3.8, 4) is 0 Å². The minimum absolute atomic E-state index is 0.172. The van der Waals surface area contributed by atoms with E-state index in [1.165, 1.54) is 6.20 Å². The first-order valence-electron chi connectivity index (χ1n) is 10.5. The Hall–Kier alpha value is -3.00. The van der Waals surface area contributed by atoms with Crippen LogP contribution in [0.25, 0.3) is 0 Å². The molecule has 1 saturated carbocycles. The number of sulfonamides is 1. The maximum absolute atomic E-state index is 12.7. The number of rotatable bonds is 8. The molecule has 3 rings (SSSR count). The number of hydrogen-bond donors (Lipinski definition) is 3.